The van der Waals surface area contributed by atoms with Gasteiger partial charge in [0.15, 0.2) is 11.5 Å². The van der Waals surface area contributed by atoms with Crippen LogP contribution in [0.3, 0.4) is 0 Å². The van der Waals surface area contributed by atoms with E-state index in [-0.39, 0.29) is 11.7 Å². The summed E-state index contributed by atoms with van der Waals surface area (Å²) >= 11 is 0. The third kappa shape index (κ3) is 4.36. The first-order valence-corrected chi connectivity index (χ1v) is 7.49. The summed E-state index contributed by atoms with van der Waals surface area (Å²) in [5.74, 6) is 1.11. The van der Waals surface area contributed by atoms with Crippen LogP contribution >= 0.6 is 0 Å². The van der Waals surface area contributed by atoms with Gasteiger partial charge in [-0.15, -0.1) is 0 Å². The molecule has 1 amide bonds. The van der Waals surface area contributed by atoms with Gasteiger partial charge in [-0.1, -0.05) is 25.3 Å². The Morgan fingerprint density at radius 2 is 2.29 bits per heavy atom. The minimum Gasteiger partial charge on any atom is -0.504 e. The van der Waals surface area contributed by atoms with E-state index < -0.39 is 6.04 Å². The van der Waals surface area contributed by atoms with Gasteiger partial charge in [-0.25, -0.2) is 0 Å². The molecule has 5 nitrogen and oxygen atoms in total. The van der Waals surface area contributed by atoms with Gasteiger partial charge in [0.2, 0.25) is 5.91 Å². The molecular weight excluding hydrogens is 268 g/mol. The first-order chi connectivity index (χ1) is 10.1. The Bertz CT molecular complexity index is 486. The maximum absolute atomic E-state index is 11.9. The zero-order chi connectivity index (χ0) is 15.2. The van der Waals surface area contributed by atoms with E-state index in [1.54, 1.807) is 12.1 Å². The molecule has 0 aromatic heterocycles. The van der Waals surface area contributed by atoms with Crippen molar-refractivity contribution in [2.24, 2.45) is 11.7 Å². The van der Waals surface area contributed by atoms with Gasteiger partial charge in [0.1, 0.15) is 0 Å². The van der Waals surface area contributed by atoms with Crippen LogP contribution in [0.1, 0.15) is 31.2 Å². The van der Waals surface area contributed by atoms with Crippen LogP contribution in [0, 0.1) is 5.92 Å². The van der Waals surface area contributed by atoms with Crippen LogP contribution in [0.5, 0.6) is 11.5 Å². The number of benzene rings is 1. The van der Waals surface area contributed by atoms with Gasteiger partial charge in [-0.05, 0) is 36.5 Å². The number of phenolic OH excluding ortho intramolecular Hbond substituents is 1. The first-order valence-electron chi connectivity index (χ1n) is 7.49. The van der Waals surface area contributed by atoms with Crippen molar-refractivity contribution in [3.05, 3.63) is 23.8 Å². The summed E-state index contributed by atoms with van der Waals surface area (Å²) in [6.45, 7) is 0.517. The van der Waals surface area contributed by atoms with Crippen LogP contribution in [0.25, 0.3) is 0 Å². The van der Waals surface area contributed by atoms with Crippen molar-refractivity contribution in [2.45, 2.75) is 38.1 Å². The second-order valence-corrected chi connectivity index (χ2v) is 5.69. The fourth-order valence-electron chi connectivity index (χ4n) is 2.55. The molecule has 0 heterocycles. The van der Waals surface area contributed by atoms with E-state index in [1.807, 2.05) is 6.07 Å². The normalized spacial score (nSPS) is 16.1. The van der Waals surface area contributed by atoms with Crippen molar-refractivity contribution in [3.8, 4) is 11.5 Å². The van der Waals surface area contributed by atoms with Gasteiger partial charge in [0, 0.05) is 6.54 Å². The van der Waals surface area contributed by atoms with Crippen molar-refractivity contribution in [3.63, 3.8) is 0 Å². The van der Waals surface area contributed by atoms with Crippen LogP contribution in [0.2, 0.25) is 0 Å². The molecule has 1 aliphatic rings. The lowest BCUT2D eigenvalue weighted by molar-refractivity contribution is -0.122. The number of ether oxygens (including phenoxy) is 1. The van der Waals surface area contributed by atoms with Crippen LogP contribution in [-0.2, 0) is 11.2 Å². The standard InChI is InChI=1S/C16H24N2O3/c1-21-15-6-5-12(10-14(15)19)7-8-18-16(20)13(17)9-11-3-2-4-11/h5-6,10-11,13,19H,2-4,7-9,17H2,1H3,(H,18,20). The maximum Gasteiger partial charge on any atom is 0.236 e. The molecule has 1 aromatic carbocycles. The van der Waals surface area contributed by atoms with E-state index in [2.05, 4.69) is 5.32 Å². The van der Waals surface area contributed by atoms with Crippen LogP contribution in [0.15, 0.2) is 18.2 Å². The molecular formula is C16H24N2O3. The lowest BCUT2D eigenvalue weighted by Gasteiger charge is -2.27. The van der Waals surface area contributed by atoms with Gasteiger partial charge in [0.25, 0.3) is 0 Å². The molecule has 0 radical (unpaired) electrons. The van der Waals surface area contributed by atoms with E-state index in [0.29, 0.717) is 24.6 Å². The number of amides is 1. The Labute approximate surface area is 125 Å². The summed E-state index contributed by atoms with van der Waals surface area (Å²) < 4.78 is 4.99. The molecule has 0 spiro atoms. The Balaban J connectivity index is 1.72. The Hall–Kier alpha value is -1.75. The molecule has 4 N–H and O–H groups in total. The minimum atomic E-state index is -0.403. The number of aromatic hydroxyl groups is 1. The average molecular weight is 292 g/mol. The van der Waals surface area contributed by atoms with Crippen LogP contribution < -0.4 is 15.8 Å². The molecule has 0 bridgehead atoms. The molecule has 1 aliphatic carbocycles. The molecule has 1 atom stereocenters. The summed E-state index contributed by atoms with van der Waals surface area (Å²) in [5.41, 5.74) is 6.85. The zero-order valence-corrected chi connectivity index (χ0v) is 12.5. The van der Waals surface area contributed by atoms with Gasteiger partial charge < -0.3 is 20.9 Å². The quantitative estimate of drug-likeness (QED) is 0.712. The Morgan fingerprint density at radius 3 is 2.86 bits per heavy atom. The summed E-state index contributed by atoms with van der Waals surface area (Å²) in [4.78, 5) is 11.9. The van der Waals surface area contributed by atoms with Crippen LogP contribution in [-0.4, -0.2) is 30.7 Å². The third-order valence-corrected chi connectivity index (χ3v) is 4.10. The molecule has 1 aromatic rings. The average Bonchev–Trinajstić information content (AvgIpc) is 2.42. The monoisotopic (exact) mass is 292 g/mol. The van der Waals surface area contributed by atoms with E-state index >= 15 is 0 Å². The molecule has 0 aliphatic heterocycles. The highest BCUT2D eigenvalue weighted by Crippen LogP contribution is 2.30. The summed E-state index contributed by atoms with van der Waals surface area (Å²) in [6, 6.07) is 4.84. The maximum atomic E-state index is 11.9. The number of nitrogens with two attached hydrogens (primary N) is 1. The fraction of sp³-hybridized carbons (Fsp3) is 0.562. The lowest BCUT2D eigenvalue weighted by Crippen LogP contribution is -2.43. The van der Waals surface area contributed by atoms with Gasteiger partial charge >= 0.3 is 0 Å². The SMILES string of the molecule is COc1ccc(CCNC(=O)C(N)CC2CCC2)cc1O. The molecule has 21 heavy (non-hydrogen) atoms. The Morgan fingerprint density at radius 1 is 1.52 bits per heavy atom. The van der Waals surface area contributed by atoms with Crippen molar-refractivity contribution in [1.29, 1.82) is 0 Å². The van der Waals surface area contributed by atoms with Crippen molar-refractivity contribution in [1.82, 2.24) is 5.32 Å². The molecule has 116 valence electrons. The zero-order valence-electron chi connectivity index (χ0n) is 12.5. The first kappa shape index (κ1) is 15.6. The predicted octanol–water partition coefficient (Wildman–Crippen LogP) is 1.58. The van der Waals surface area contributed by atoms with Gasteiger partial charge in [0.05, 0.1) is 13.2 Å². The number of carbonyl (C=O) groups is 1. The molecule has 1 unspecified atom stereocenters. The molecule has 0 saturated heterocycles. The highest BCUT2D eigenvalue weighted by atomic mass is 16.5. The number of hydrogen-bond acceptors (Lipinski definition) is 4. The fourth-order valence-corrected chi connectivity index (χ4v) is 2.55. The Kier molecular flexibility index (Phi) is 5.44. The summed E-state index contributed by atoms with van der Waals surface area (Å²) in [6.07, 6.45) is 5.10. The number of carbonyl (C=O) groups excluding carboxylic acids is 1. The van der Waals surface area contributed by atoms with Crippen LogP contribution in [0.4, 0.5) is 0 Å². The number of phenols is 1. The van der Waals surface area contributed by atoms with Gasteiger partial charge in [-0.2, -0.15) is 0 Å². The summed E-state index contributed by atoms with van der Waals surface area (Å²) in [5, 5.41) is 12.5. The van der Waals surface area contributed by atoms with Gasteiger partial charge in [-0.3, -0.25) is 4.79 Å². The number of rotatable bonds is 7. The topological polar surface area (TPSA) is 84.6 Å². The van der Waals surface area contributed by atoms with Crippen molar-refractivity contribution < 1.29 is 14.6 Å². The smallest absolute Gasteiger partial charge is 0.236 e. The van der Waals surface area contributed by atoms with E-state index in [0.717, 1.165) is 12.0 Å². The third-order valence-electron chi connectivity index (χ3n) is 4.10. The van der Waals surface area contributed by atoms with Crippen molar-refractivity contribution >= 4 is 5.91 Å². The number of nitrogens with one attached hydrogen (secondary N) is 1. The number of methoxy groups -OCH3 is 1. The molecule has 1 saturated carbocycles. The number of hydrogen-bond donors (Lipinski definition) is 3. The van der Waals surface area contributed by atoms with E-state index in [4.69, 9.17) is 10.5 Å². The molecule has 1 fully saturated rings. The van der Waals surface area contributed by atoms with E-state index in [9.17, 15) is 9.90 Å². The molecule has 5 heteroatoms. The minimum absolute atomic E-state index is 0.0837. The second-order valence-electron chi connectivity index (χ2n) is 5.69. The predicted molar refractivity (Wildman–Crippen MR) is 81.3 cm³/mol. The van der Waals surface area contributed by atoms with Crippen molar-refractivity contribution in [2.75, 3.05) is 13.7 Å². The second kappa shape index (κ2) is 7.31. The molecule has 2 rings (SSSR count). The summed E-state index contributed by atoms with van der Waals surface area (Å²) in [7, 11) is 1.51. The highest BCUT2D eigenvalue weighted by Gasteiger charge is 2.23. The largest absolute Gasteiger partial charge is 0.504 e. The van der Waals surface area contributed by atoms with E-state index in [1.165, 1.54) is 26.4 Å². The highest BCUT2D eigenvalue weighted by molar-refractivity contribution is 5.81. The lowest BCUT2D eigenvalue weighted by atomic mass is 9.81.